The number of benzene rings is 1. The van der Waals surface area contributed by atoms with Crippen LogP contribution in [0.2, 0.25) is 0 Å². The van der Waals surface area contributed by atoms with Crippen LogP contribution >= 0.6 is 0 Å². The summed E-state index contributed by atoms with van der Waals surface area (Å²) in [5.74, 6) is -0.189. The van der Waals surface area contributed by atoms with Crippen LogP contribution in [-0.4, -0.2) is 61.7 Å². The normalized spacial score (nSPS) is 19.8. The lowest BCUT2D eigenvalue weighted by Gasteiger charge is -2.13. The van der Waals surface area contributed by atoms with Crippen molar-refractivity contribution in [2.24, 2.45) is 0 Å². The number of likely N-dealkylation sites (tertiary alicyclic amines) is 1. The monoisotopic (exact) mass is 420 g/mol. The van der Waals surface area contributed by atoms with Crippen molar-refractivity contribution >= 4 is 15.9 Å². The zero-order chi connectivity index (χ0) is 20.4. The Morgan fingerprint density at radius 2 is 2.07 bits per heavy atom. The molecule has 29 heavy (non-hydrogen) atoms. The molecule has 2 aliphatic rings. The number of carbonyl (C=O) groups is 1. The van der Waals surface area contributed by atoms with Crippen molar-refractivity contribution in [1.29, 1.82) is 0 Å². The standard InChI is InChI=1S/C19H24N4O5S/c1-13-6-7-14(11-16(13)29(25,26)20-12-15-5-4-10-27-15)17-21-18(28-22-17)19(24)23-8-2-3-9-23/h6-7,11,15,20H,2-5,8-10,12H2,1H3/t15-/m0/s1. The first kappa shape index (κ1) is 20.0. The van der Waals surface area contributed by atoms with Crippen molar-refractivity contribution in [2.45, 2.75) is 43.6 Å². The fourth-order valence-corrected chi connectivity index (χ4v) is 4.93. The molecule has 0 bridgehead atoms. The molecule has 1 atom stereocenters. The van der Waals surface area contributed by atoms with Gasteiger partial charge in [-0.2, -0.15) is 4.98 Å². The minimum absolute atomic E-state index is 0.0802. The highest BCUT2D eigenvalue weighted by Crippen LogP contribution is 2.24. The Kier molecular flexibility index (Phi) is 5.66. The van der Waals surface area contributed by atoms with Gasteiger partial charge in [0.15, 0.2) is 0 Å². The van der Waals surface area contributed by atoms with Crippen LogP contribution < -0.4 is 4.72 Å². The summed E-state index contributed by atoms with van der Waals surface area (Å²) in [5.41, 5.74) is 1.07. The number of nitrogens with zero attached hydrogens (tertiary/aromatic N) is 3. The minimum atomic E-state index is -3.72. The maximum Gasteiger partial charge on any atom is 0.316 e. The summed E-state index contributed by atoms with van der Waals surface area (Å²) in [6.07, 6.45) is 3.62. The molecule has 0 aliphatic carbocycles. The minimum Gasteiger partial charge on any atom is -0.377 e. The molecule has 9 nitrogen and oxygen atoms in total. The number of hydrogen-bond acceptors (Lipinski definition) is 7. The zero-order valence-electron chi connectivity index (χ0n) is 16.3. The maximum absolute atomic E-state index is 12.8. The van der Waals surface area contributed by atoms with Gasteiger partial charge in [-0.05, 0) is 44.2 Å². The highest BCUT2D eigenvalue weighted by atomic mass is 32.2. The van der Waals surface area contributed by atoms with E-state index in [0.717, 1.165) is 25.7 Å². The second kappa shape index (κ2) is 8.21. The summed E-state index contributed by atoms with van der Waals surface area (Å²) in [6.45, 7) is 3.99. The molecule has 2 aliphatic heterocycles. The molecule has 2 aromatic rings. The van der Waals surface area contributed by atoms with E-state index in [9.17, 15) is 13.2 Å². The number of ether oxygens (including phenoxy) is 1. The van der Waals surface area contributed by atoms with E-state index < -0.39 is 10.0 Å². The number of sulfonamides is 1. The average Bonchev–Trinajstić information content (AvgIpc) is 3.49. The van der Waals surface area contributed by atoms with E-state index in [0.29, 0.717) is 30.8 Å². The van der Waals surface area contributed by atoms with Crippen LogP contribution in [0.15, 0.2) is 27.6 Å². The average molecular weight is 420 g/mol. The maximum atomic E-state index is 12.8. The number of rotatable bonds is 6. The molecule has 0 unspecified atom stereocenters. The Hall–Kier alpha value is -2.30. The molecule has 0 radical (unpaired) electrons. The molecule has 1 aromatic heterocycles. The molecule has 2 fully saturated rings. The van der Waals surface area contributed by atoms with Gasteiger partial charge in [0.05, 0.1) is 11.0 Å². The highest BCUT2D eigenvalue weighted by Gasteiger charge is 2.26. The first-order valence-corrected chi connectivity index (χ1v) is 11.3. The van der Waals surface area contributed by atoms with Gasteiger partial charge in [0.2, 0.25) is 15.8 Å². The SMILES string of the molecule is Cc1ccc(-c2noc(C(=O)N3CCCC3)n2)cc1S(=O)(=O)NC[C@@H]1CCCO1. The van der Waals surface area contributed by atoms with Crippen LogP contribution in [0.5, 0.6) is 0 Å². The van der Waals surface area contributed by atoms with E-state index in [1.54, 1.807) is 24.0 Å². The van der Waals surface area contributed by atoms with E-state index in [1.165, 1.54) is 6.07 Å². The fourth-order valence-electron chi connectivity index (χ4n) is 3.60. The molecule has 3 heterocycles. The lowest BCUT2D eigenvalue weighted by Crippen LogP contribution is -2.32. The Labute approximate surface area is 169 Å². The van der Waals surface area contributed by atoms with Crippen molar-refractivity contribution in [3.63, 3.8) is 0 Å². The van der Waals surface area contributed by atoms with Crippen molar-refractivity contribution in [3.8, 4) is 11.4 Å². The van der Waals surface area contributed by atoms with Crippen molar-refractivity contribution in [1.82, 2.24) is 19.8 Å². The van der Waals surface area contributed by atoms with E-state index in [1.807, 2.05) is 0 Å². The van der Waals surface area contributed by atoms with E-state index in [2.05, 4.69) is 14.9 Å². The van der Waals surface area contributed by atoms with Crippen LogP contribution in [0.25, 0.3) is 11.4 Å². The summed E-state index contributed by atoms with van der Waals surface area (Å²) in [5, 5.41) is 3.87. The molecular weight excluding hydrogens is 396 g/mol. The van der Waals surface area contributed by atoms with Gasteiger partial charge in [-0.1, -0.05) is 17.3 Å². The zero-order valence-corrected chi connectivity index (χ0v) is 17.1. The van der Waals surface area contributed by atoms with E-state index >= 15 is 0 Å². The van der Waals surface area contributed by atoms with Crippen molar-refractivity contribution in [3.05, 3.63) is 29.7 Å². The fraction of sp³-hybridized carbons (Fsp3) is 0.526. The Morgan fingerprint density at radius 1 is 1.28 bits per heavy atom. The molecule has 1 aromatic carbocycles. The third kappa shape index (κ3) is 4.34. The molecule has 2 saturated heterocycles. The van der Waals surface area contributed by atoms with E-state index in [4.69, 9.17) is 9.26 Å². The number of amides is 1. The van der Waals surface area contributed by atoms with Gasteiger partial charge in [-0.25, -0.2) is 13.1 Å². The predicted molar refractivity (Wildman–Crippen MR) is 104 cm³/mol. The number of aryl methyl sites for hydroxylation is 1. The van der Waals surface area contributed by atoms with Gasteiger partial charge in [0.1, 0.15) is 0 Å². The smallest absolute Gasteiger partial charge is 0.316 e. The van der Waals surface area contributed by atoms with Crippen molar-refractivity contribution < 1.29 is 22.5 Å². The van der Waals surface area contributed by atoms with Crippen LogP contribution in [0, 0.1) is 6.92 Å². The quantitative estimate of drug-likeness (QED) is 0.757. The molecule has 10 heteroatoms. The van der Waals surface area contributed by atoms with Crippen LogP contribution in [-0.2, 0) is 14.8 Å². The second-order valence-corrected chi connectivity index (χ2v) is 9.13. The molecular formula is C19H24N4O5S. The van der Waals surface area contributed by atoms with E-state index in [-0.39, 0.29) is 35.2 Å². The highest BCUT2D eigenvalue weighted by molar-refractivity contribution is 7.89. The third-order valence-electron chi connectivity index (χ3n) is 5.26. The van der Waals surface area contributed by atoms with Crippen LogP contribution in [0.1, 0.15) is 41.9 Å². The van der Waals surface area contributed by atoms with Gasteiger partial charge >= 0.3 is 11.8 Å². The summed E-state index contributed by atoms with van der Waals surface area (Å²) < 4.78 is 38.8. The first-order chi connectivity index (χ1) is 13.9. The second-order valence-electron chi connectivity index (χ2n) is 7.39. The molecule has 156 valence electrons. The van der Waals surface area contributed by atoms with Gasteiger partial charge in [-0.15, -0.1) is 0 Å². The number of hydrogen-bond donors (Lipinski definition) is 1. The number of nitrogens with one attached hydrogen (secondary N) is 1. The predicted octanol–water partition coefficient (Wildman–Crippen LogP) is 1.74. The third-order valence-corrected chi connectivity index (χ3v) is 6.83. The Bertz CT molecular complexity index is 992. The lowest BCUT2D eigenvalue weighted by atomic mass is 10.1. The van der Waals surface area contributed by atoms with Crippen molar-refractivity contribution in [2.75, 3.05) is 26.2 Å². The Balaban J connectivity index is 1.54. The topological polar surface area (TPSA) is 115 Å². The summed E-state index contributed by atoms with van der Waals surface area (Å²) in [7, 11) is -3.72. The largest absolute Gasteiger partial charge is 0.377 e. The number of aromatic nitrogens is 2. The molecule has 1 amide bonds. The summed E-state index contributed by atoms with van der Waals surface area (Å²) in [6, 6.07) is 4.90. The van der Waals surface area contributed by atoms with Crippen LogP contribution in [0.4, 0.5) is 0 Å². The number of carbonyl (C=O) groups excluding carboxylic acids is 1. The van der Waals surface area contributed by atoms with Gasteiger partial charge in [0, 0.05) is 31.8 Å². The van der Waals surface area contributed by atoms with Gasteiger partial charge in [-0.3, -0.25) is 4.79 Å². The van der Waals surface area contributed by atoms with Gasteiger partial charge < -0.3 is 14.2 Å². The molecule has 1 N–H and O–H groups in total. The molecule has 0 saturated carbocycles. The first-order valence-electron chi connectivity index (χ1n) is 9.79. The summed E-state index contributed by atoms with van der Waals surface area (Å²) in [4.78, 5) is 18.4. The van der Waals surface area contributed by atoms with Gasteiger partial charge in [0.25, 0.3) is 0 Å². The lowest BCUT2D eigenvalue weighted by molar-refractivity contribution is 0.0743. The Morgan fingerprint density at radius 3 is 2.79 bits per heavy atom. The van der Waals surface area contributed by atoms with Crippen LogP contribution in [0.3, 0.4) is 0 Å². The summed E-state index contributed by atoms with van der Waals surface area (Å²) >= 11 is 0. The molecule has 0 spiro atoms. The molecule has 4 rings (SSSR count).